The van der Waals surface area contributed by atoms with Crippen LogP contribution in [0, 0.1) is 5.82 Å². The van der Waals surface area contributed by atoms with E-state index in [4.69, 9.17) is 10.5 Å². The van der Waals surface area contributed by atoms with Crippen LogP contribution in [0.1, 0.15) is 33.3 Å². The largest absolute Gasteiger partial charge is 0.492 e. The van der Waals surface area contributed by atoms with Gasteiger partial charge in [-0.3, -0.25) is 4.90 Å². The standard InChI is InChI=1S/C15H25FN2O/c1-11(2)18(12(3)4)8-9-19-15-7-5-6-14(16)13(15)10-17/h5-7,11-12H,8-10,17H2,1-4H3. The van der Waals surface area contributed by atoms with Crippen molar-refractivity contribution in [2.24, 2.45) is 5.73 Å². The third-order valence-corrected chi connectivity index (χ3v) is 3.21. The van der Waals surface area contributed by atoms with Gasteiger partial charge in [0.15, 0.2) is 0 Å². The zero-order valence-corrected chi connectivity index (χ0v) is 12.3. The fourth-order valence-electron chi connectivity index (χ4n) is 2.25. The van der Waals surface area contributed by atoms with E-state index in [2.05, 4.69) is 32.6 Å². The van der Waals surface area contributed by atoms with E-state index in [1.807, 2.05) is 0 Å². The van der Waals surface area contributed by atoms with Crippen LogP contribution in [0.2, 0.25) is 0 Å². The van der Waals surface area contributed by atoms with Gasteiger partial charge in [-0.25, -0.2) is 4.39 Å². The van der Waals surface area contributed by atoms with Crippen molar-refractivity contribution < 1.29 is 9.13 Å². The van der Waals surface area contributed by atoms with E-state index in [0.717, 1.165) is 6.54 Å². The summed E-state index contributed by atoms with van der Waals surface area (Å²) in [6.45, 7) is 10.1. The molecule has 1 aromatic rings. The molecule has 19 heavy (non-hydrogen) atoms. The van der Waals surface area contributed by atoms with E-state index in [1.54, 1.807) is 12.1 Å². The molecule has 0 fully saturated rings. The number of benzene rings is 1. The average Bonchev–Trinajstić information content (AvgIpc) is 2.33. The Kier molecular flexibility index (Phi) is 6.25. The Balaban J connectivity index is 2.60. The number of nitrogens with two attached hydrogens (primary N) is 1. The SMILES string of the molecule is CC(C)N(CCOc1cccc(F)c1CN)C(C)C. The van der Waals surface area contributed by atoms with E-state index in [0.29, 0.717) is 30.0 Å². The van der Waals surface area contributed by atoms with Crippen LogP contribution in [0.15, 0.2) is 18.2 Å². The maximum absolute atomic E-state index is 13.5. The van der Waals surface area contributed by atoms with Crippen molar-refractivity contribution in [3.8, 4) is 5.75 Å². The summed E-state index contributed by atoms with van der Waals surface area (Å²) in [5.74, 6) is 0.250. The van der Waals surface area contributed by atoms with Crippen LogP contribution in [0.4, 0.5) is 4.39 Å². The van der Waals surface area contributed by atoms with E-state index in [9.17, 15) is 4.39 Å². The van der Waals surface area contributed by atoms with Crippen molar-refractivity contribution in [2.75, 3.05) is 13.2 Å². The van der Waals surface area contributed by atoms with Gasteiger partial charge in [0.1, 0.15) is 18.2 Å². The molecule has 0 atom stereocenters. The van der Waals surface area contributed by atoms with Gasteiger partial charge in [0.05, 0.1) is 0 Å². The zero-order valence-electron chi connectivity index (χ0n) is 12.3. The summed E-state index contributed by atoms with van der Waals surface area (Å²) in [4.78, 5) is 2.33. The molecule has 0 aliphatic heterocycles. The molecule has 0 aromatic heterocycles. The topological polar surface area (TPSA) is 38.5 Å². The van der Waals surface area contributed by atoms with Gasteiger partial charge < -0.3 is 10.5 Å². The van der Waals surface area contributed by atoms with Crippen molar-refractivity contribution in [3.63, 3.8) is 0 Å². The molecule has 0 bridgehead atoms. The lowest BCUT2D eigenvalue weighted by molar-refractivity contribution is 0.141. The van der Waals surface area contributed by atoms with Gasteiger partial charge in [-0.05, 0) is 39.8 Å². The van der Waals surface area contributed by atoms with Crippen LogP contribution in [0.5, 0.6) is 5.75 Å². The minimum Gasteiger partial charge on any atom is -0.492 e. The summed E-state index contributed by atoms with van der Waals surface area (Å²) >= 11 is 0. The molecule has 0 amide bonds. The smallest absolute Gasteiger partial charge is 0.131 e. The molecule has 4 heteroatoms. The van der Waals surface area contributed by atoms with Crippen LogP contribution in [-0.2, 0) is 6.54 Å². The maximum Gasteiger partial charge on any atom is 0.131 e. The summed E-state index contributed by atoms with van der Waals surface area (Å²) in [5, 5.41) is 0. The molecule has 1 aromatic carbocycles. The Hall–Kier alpha value is -1.13. The second-order valence-corrected chi connectivity index (χ2v) is 5.19. The van der Waals surface area contributed by atoms with Gasteiger partial charge in [-0.1, -0.05) is 6.07 Å². The highest BCUT2D eigenvalue weighted by molar-refractivity contribution is 5.34. The number of nitrogens with zero attached hydrogens (tertiary/aromatic N) is 1. The minimum atomic E-state index is -0.301. The van der Waals surface area contributed by atoms with Crippen LogP contribution in [0.25, 0.3) is 0 Å². The quantitative estimate of drug-likeness (QED) is 0.826. The highest BCUT2D eigenvalue weighted by Gasteiger charge is 2.14. The Morgan fingerprint density at radius 2 is 1.84 bits per heavy atom. The lowest BCUT2D eigenvalue weighted by Gasteiger charge is -2.30. The van der Waals surface area contributed by atoms with Crippen molar-refractivity contribution in [2.45, 2.75) is 46.3 Å². The van der Waals surface area contributed by atoms with Crippen molar-refractivity contribution in [1.82, 2.24) is 4.90 Å². The third-order valence-electron chi connectivity index (χ3n) is 3.21. The van der Waals surface area contributed by atoms with E-state index in [-0.39, 0.29) is 12.4 Å². The number of halogens is 1. The Morgan fingerprint density at radius 1 is 1.21 bits per heavy atom. The summed E-state index contributed by atoms with van der Waals surface area (Å²) in [5.41, 5.74) is 6.00. The first-order valence-electron chi connectivity index (χ1n) is 6.83. The van der Waals surface area contributed by atoms with Crippen LogP contribution >= 0.6 is 0 Å². The molecule has 2 N–H and O–H groups in total. The number of rotatable bonds is 7. The number of ether oxygens (including phenoxy) is 1. The van der Waals surface area contributed by atoms with Crippen molar-refractivity contribution in [1.29, 1.82) is 0 Å². The lowest BCUT2D eigenvalue weighted by atomic mass is 10.2. The van der Waals surface area contributed by atoms with Crippen molar-refractivity contribution in [3.05, 3.63) is 29.6 Å². The first-order chi connectivity index (χ1) is 8.97. The molecule has 0 unspecified atom stereocenters. The average molecular weight is 268 g/mol. The Labute approximate surface area is 115 Å². The molecule has 3 nitrogen and oxygen atoms in total. The second-order valence-electron chi connectivity index (χ2n) is 5.19. The molecule has 1 rings (SSSR count). The van der Waals surface area contributed by atoms with Crippen molar-refractivity contribution >= 4 is 0 Å². The first kappa shape index (κ1) is 15.9. The van der Waals surface area contributed by atoms with Crippen LogP contribution < -0.4 is 10.5 Å². The number of hydrogen-bond donors (Lipinski definition) is 1. The summed E-state index contributed by atoms with van der Waals surface area (Å²) in [6.07, 6.45) is 0. The fraction of sp³-hybridized carbons (Fsp3) is 0.600. The van der Waals surface area contributed by atoms with Gasteiger partial charge in [0.25, 0.3) is 0 Å². The number of hydrogen-bond acceptors (Lipinski definition) is 3. The van der Waals surface area contributed by atoms with E-state index in [1.165, 1.54) is 6.07 Å². The molecular weight excluding hydrogens is 243 g/mol. The Bertz CT molecular complexity index is 386. The fourth-order valence-corrected chi connectivity index (χ4v) is 2.25. The lowest BCUT2D eigenvalue weighted by Crippen LogP contribution is -2.39. The molecule has 0 spiro atoms. The molecule has 0 aliphatic rings. The highest BCUT2D eigenvalue weighted by atomic mass is 19.1. The third kappa shape index (κ3) is 4.48. The molecule has 0 radical (unpaired) electrons. The van der Waals surface area contributed by atoms with Crippen LogP contribution in [0.3, 0.4) is 0 Å². The summed E-state index contributed by atoms with van der Waals surface area (Å²) in [6, 6.07) is 5.74. The summed E-state index contributed by atoms with van der Waals surface area (Å²) < 4.78 is 19.2. The normalized spacial score (nSPS) is 11.6. The summed E-state index contributed by atoms with van der Waals surface area (Å²) in [7, 11) is 0. The predicted octanol–water partition coefficient (Wildman–Crippen LogP) is 2.78. The molecule has 0 heterocycles. The second kappa shape index (κ2) is 7.46. The highest BCUT2D eigenvalue weighted by Crippen LogP contribution is 2.20. The molecule has 0 saturated heterocycles. The molecule has 0 aliphatic carbocycles. The Morgan fingerprint density at radius 3 is 2.37 bits per heavy atom. The minimum absolute atomic E-state index is 0.153. The predicted molar refractivity (Wildman–Crippen MR) is 76.8 cm³/mol. The van der Waals surface area contributed by atoms with Crippen LogP contribution in [-0.4, -0.2) is 30.1 Å². The molecular formula is C15H25FN2O. The molecule has 0 saturated carbocycles. The first-order valence-corrected chi connectivity index (χ1v) is 6.83. The van der Waals surface area contributed by atoms with Gasteiger partial charge in [0, 0.05) is 30.7 Å². The van der Waals surface area contributed by atoms with Gasteiger partial charge >= 0.3 is 0 Å². The van der Waals surface area contributed by atoms with Gasteiger partial charge in [0.2, 0.25) is 0 Å². The molecule has 108 valence electrons. The van der Waals surface area contributed by atoms with Gasteiger partial charge in [-0.15, -0.1) is 0 Å². The zero-order chi connectivity index (χ0) is 14.4. The van der Waals surface area contributed by atoms with E-state index >= 15 is 0 Å². The van der Waals surface area contributed by atoms with E-state index < -0.39 is 0 Å². The monoisotopic (exact) mass is 268 g/mol. The maximum atomic E-state index is 13.5. The van der Waals surface area contributed by atoms with Gasteiger partial charge in [-0.2, -0.15) is 0 Å².